The zero-order chi connectivity index (χ0) is 31.6. The molecular formula is C38H54N4O2. The Bertz CT molecular complexity index is 1550. The first-order valence-electron chi connectivity index (χ1n) is 17.2. The number of carbonyl (C=O) groups is 1. The molecule has 1 aromatic carbocycles. The quantitative estimate of drug-likeness (QED) is 0.288. The number of aromatic amines is 1. The summed E-state index contributed by atoms with van der Waals surface area (Å²) < 4.78 is 0. The van der Waals surface area contributed by atoms with Crippen LogP contribution < -0.4 is 11.5 Å². The summed E-state index contributed by atoms with van der Waals surface area (Å²) in [7, 11) is 0. The molecule has 7 rings (SSSR count). The first-order valence-corrected chi connectivity index (χ1v) is 17.2. The van der Waals surface area contributed by atoms with Gasteiger partial charge in [0.25, 0.3) is 0 Å². The molecule has 5 aliphatic rings. The normalized spacial score (nSPS) is 40.2. The van der Waals surface area contributed by atoms with Crippen LogP contribution in [0.5, 0.6) is 0 Å². The lowest BCUT2D eigenvalue weighted by molar-refractivity contribution is -0.161. The number of nitrogen functional groups attached to an aromatic ring is 1. The van der Waals surface area contributed by atoms with Gasteiger partial charge in [-0.25, -0.2) is 0 Å². The highest BCUT2D eigenvalue weighted by Crippen LogP contribution is 2.76. The molecule has 2 aromatic rings. The highest BCUT2D eigenvalue weighted by Gasteiger charge is 2.68. The maximum Gasteiger partial charge on any atom is 0.306 e. The Labute approximate surface area is 263 Å². The second-order valence-corrected chi connectivity index (χ2v) is 17.6. The number of hydrogen-bond acceptors (Lipinski definition) is 4. The number of H-pyrrole nitrogens is 1. The Kier molecular flexibility index (Phi) is 6.47. The van der Waals surface area contributed by atoms with Crippen LogP contribution in [0.4, 0.5) is 5.82 Å². The van der Waals surface area contributed by atoms with E-state index in [0.717, 1.165) is 44.1 Å². The third kappa shape index (κ3) is 3.88. The number of nitrogens with zero attached hydrogens (tertiary/aromatic N) is 1. The highest BCUT2D eigenvalue weighted by molar-refractivity contribution is 5.75. The topological polar surface area (TPSA) is 118 Å². The van der Waals surface area contributed by atoms with Crippen molar-refractivity contribution in [2.75, 3.05) is 5.73 Å². The Morgan fingerprint density at radius 3 is 2.50 bits per heavy atom. The number of carboxylic acid groups (broad SMARTS) is 1. The summed E-state index contributed by atoms with van der Waals surface area (Å²) in [5, 5.41) is 18.4. The van der Waals surface area contributed by atoms with E-state index in [1.54, 1.807) is 5.57 Å². The van der Waals surface area contributed by atoms with Gasteiger partial charge in [-0.15, -0.1) is 0 Å². The molecule has 0 aliphatic heterocycles. The van der Waals surface area contributed by atoms with E-state index >= 15 is 0 Å². The van der Waals surface area contributed by atoms with Crippen LogP contribution in [0.25, 0.3) is 5.57 Å². The molecule has 6 N–H and O–H groups in total. The fourth-order valence-electron chi connectivity index (χ4n) is 12.6. The maximum absolute atomic E-state index is 12.8. The number of aromatic nitrogens is 2. The average molecular weight is 599 g/mol. The summed E-state index contributed by atoms with van der Waals surface area (Å²) in [4.78, 5) is 12.8. The van der Waals surface area contributed by atoms with E-state index in [0.29, 0.717) is 24.2 Å². The minimum absolute atomic E-state index is 0.0102. The third-order valence-electron chi connectivity index (χ3n) is 14.6. The summed E-state index contributed by atoms with van der Waals surface area (Å²) >= 11 is 0. The minimum atomic E-state index is -0.602. The molecule has 6 heteroatoms. The molecule has 0 bridgehead atoms. The molecular weight excluding hydrogens is 544 g/mol. The van der Waals surface area contributed by atoms with Crippen molar-refractivity contribution in [3.63, 3.8) is 0 Å². The molecule has 0 amide bonds. The van der Waals surface area contributed by atoms with Gasteiger partial charge in [0.15, 0.2) is 0 Å². The van der Waals surface area contributed by atoms with Crippen LogP contribution >= 0.6 is 0 Å². The monoisotopic (exact) mass is 598 g/mol. The van der Waals surface area contributed by atoms with Crippen molar-refractivity contribution in [2.24, 2.45) is 57.0 Å². The minimum Gasteiger partial charge on any atom is -0.481 e. The van der Waals surface area contributed by atoms with Crippen molar-refractivity contribution in [3.8, 4) is 0 Å². The largest absolute Gasteiger partial charge is 0.481 e. The first-order chi connectivity index (χ1) is 20.6. The number of nitrogens with two attached hydrogens (primary N) is 2. The van der Waals surface area contributed by atoms with Crippen molar-refractivity contribution in [1.82, 2.24) is 10.2 Å². The summed E-state index contributed by atoms with van der Waals surface area (Å²) in [6.45, 7) is 17.7. The summed E-state index contributed by atoms with van der Waals surface area (Å²) in [5.74, 6) is 1.25. The van der Waals surface area contributed by atoms with Crippen molar-refractivity contribution >= 4 is 17.4 Å². The molecule has 3 saturated carbocycles. The van der Waals surface area contributed by atoms with Crippen LogP contribution in [0.1, 0.15) is 116 Å². The summed E-state index contributed by atoms with van der Waals surface area (Å²) in [5.41, 5.74) is 20.9. The molecule has 5 aliphatic carbocycles. The number of nitrogens with one attached hydrogen (secondary N) is 1. The van der Waals surface area contributed by atoms with Gasteiger partial charge in [0.2, 0.25) is 0 Å². The molecule has 1 aromatic heterocycles. The van der Waals surface area contributed by atoms with E-state index in [9.17, 15) is 9.90 Å². The maximum atomic E-state index is 12.8. The van der Waals surface area contributed by atoms with Gasteiger partial charge in [0, 0.05) is 23.2 Å². The molecule has 0 radical (unpaired) electrons. The fraction of sp³-hybridized carbons (Fsp3) is 0.684. The number of rotatable bonds is 3. The average Bonchev–Trinajstić information content (AvgIpc) is 3.32. The van der Waals surface area contributed by atoms with E-state index in [1.807, 2.05) is 0 Å². The molecule has 6 nitrogen and oxygen atoms in total. The summed E-state index contributed by atoms with van der Waals surface area (Å²) in [6.07, 6.45) is 8.26. The lowest BCUT2D eigenvalue weighted by atomic mass is 9.33. The predicted octanol–water partition coefficient (Wildman–Crippen LogP) is 7.73. The first kappa shape index (κ1) is 30.1. The van der Waals surface area contributed by atoms with Crippen molar-refractivity contribution in [3.05, 3.63) is 52.2 Å². The van der Waals surface area contributed by atoms with Crippen LogP contribution in [-0.4, -0.2) is 21.3 Å². The van der Waals surface area contributed by atoms with Gasteiger partial charge in [-0.2, -0.15) is 5.10 Å². The van der Waals surface area contributed by atoms with Crippen LogP contribution in [0.15, 0.2) is 29.8 Å². The van der Waals surface area contributed by atoms with Gasteiger partial charge in [0.05, 0.1) is 5.92 Å². The zero-order valence-corrected chi connectivity index (χ0v) is 28.0. The number of carboxylic acids is 1. The van der Waals surface area contributed by atoms with E-state index in [1.165, 1.54) is 35.2 Å². The van der Waals surface area contributed by atoms with Crippen LogP contribution in [-0.2, 0) is 23.2 Å². The standard InChI is InChI=1S/C38H54N4O2/c1-34(2)17-25-23(26(18-34)33(43)44)11-13-38(7)30(25)24(22-10-8-9-21(15-22)20-39)16-29-36(5)19-27-31(41-42-32(27)40)35(3,4)28(36)12-14-37(29,38)6/h8-10,15,23,25-26,28-29H,11-14,16-20,39H2,1-7H3,(H,43,44)(H3,40,41,42)/t23?,25?,26-,28?,29?,36?,37?,38?/m1/s1. The van der Waals surface area contributed by atoms with Gasteiger partial charge >= 0.3 is 5.97 Å². The SMILES string of the molecule is CC1(C)CC2C3=C(c4cccc(CN)c4)CC4C5(C)Cc6c(N)n[nH]c6C(C)(C)C5CCC4(C)C3(C)CCC2[C@H](C(=O)O)C1. The highest BCUT2D eigenvalue weighted by atomic mass is 16.4. The van der Waals surface area contributed by atoms with Crippen molar-refractivity contribution < 1.29 is 9.90 Å². The number of benzene rings is 1. The van der Waals surface area contributed by atoms with Crippen LogP contribution in [0.3, 0.4) is 0 Å². The Morgan fingerprint density at radius 1 is 1.05 bits per heavy atom. The smallest absolute Gasteiger partial charge is 0.306 e. The van der Waals surface area contributed by atoms with Crippen molar-refractivity contribution in [1.29, 1.82) is 0 Å². The van der Waals surface area contributed by atoms with Gasteiger partial charge in [0.1, 0.15) is 5.82 Å². The molecule has 44 heavy (non-hydrogen) atoms. The van der Waals surface area contributed by atoms with E-state index in [-0.39, 0.29) is 44.8 Å². The van der Waals surface area contributed by atoms with E-state index in [4.69, 9.17) is 11.5 Å². The second kappa shape index (κ2) is 9.47. The van der Waals surface area contributed by atoms with Gasteiger partial charge in [-0.1, -0.05) is 78.3 Å². The molecule has 0 saturated heterocycles. The third-order valence-corrected chi connectivity index (χ3v) is 14.6. The summed E-state index contributed by atoms with van der Waals surface area (Å²) in [6, 6.07) is 8.95. The number of aliphatic carboxylic acids is 1. The van der Waals surface area contributed by atoms with Crippen LogP contribution in [0.2, 0.25) is 0 Å². The number of anilines is 1. The fourth-order valence-corrected chi connectivity index (χ4v) is 12.6. The lowest BCUT2D eigenvalue weighted by Crippen LogP contribution is -2.64. The van der Waals surface area contributed by atoms with Crippen LogP contribution in [0, 0.1) is 51.2 Å². The molecule has 8 atom stereocenters. The molecule has 238 valence electrons. The van der Waals surface area contributed by atoms with Gasteiger partial charge < -0.3 is 16.6 Å². The molecule has 0 spiro atoms. The second-order valence-electron chi connectivity index (χ2n) is 17.6. The Hall–Kier alpha value is -2.60. The molecule has 7 unspecified atom stereocenters. The van der Waals surface area contributed by atoms with Crippen molar-refractivity contribution in [2.45, 2.75) is 112 Å². The zero-order valence-electron chi connectivity index (χ0n) is 28.0. The number of allylic oxidation sites excluding steroid dienone is 2. The van der Waals surface area contributed by atoms with E-state index < -0.39 is 5.97 Å². The van der Waals surface area contributed by atoms with E-state index in [2.05, 4.69) is 82.9 Å². The van der Waals surface area contributed by atoms with Gasteiger partial charge in [-0.05, 0) is 113 Å². The number of hydrogen-bond donors (Lipinski definition) is 4. The molecule has 3 fully saturated rings. The Balaban J connectivity index is 1.46. The Morgan fingerprint density at radius 2 is 1.80 bits per heavy atom. The van der Waals surface area contributed by atoms with Gasteiger partial charge in [-0.3, -0.25) is 9.89 Å². The lowest BCUT2D eigenvalue weighted by Gasteiger charge is -2.70. The predicted molar refractivity (Wildman–Crippen MR) is 176 cm³/mol. The number of fused-ring (bicyclic) bond motifs is 8. The molecule has 1 heterocycles.